The lowest BCUT2D eigenvalue weighted by Gasteiger charge is -2.11. The fraction of sp³-hybridized carbons (Fsp3) is 0.506. The Hall–Kier alpha value is -13.5. The number of pyridine rings is 3. The van der Waals surface area contributed by atoms with E-state index >= 15 is 0 Å². The van der Waals surface area contributed by atoms with E-state index in [0.29, 0.717) is 76.1 Å². The van der Waals surface area contributed by atoms with Crippen molar-refractivity contribution < 1.29 is 118 Å². The smallest absolute Gasteiger partial charge is 0.316 e. The highest BCUT2D eigenvalue weighted by atomic mass is 16.5. The molecular weight excluding hydrogens is 1780 g/mol. The number of aryl methyl sites for hydroxylation is 1. The highest BCUT2D eigenvalue weighted by Crippen LogP contribution is 2.23. The SMILES string of the molecule is CC(C)C(=O)Nc1cnc(OC[C@H](O)CO)nc1.CC(C)C(=O)Nc1cncc(OC[C@@H](O)CO)c1.CC(C)C(=O)Nc1cncc(OC[C@H](O)CO)c1.CC(C)C(=O)Nc1cnccn1.CC(C)C(=O)Nc1ncc(OC[C@@H](O)CO)cn1.CC[C@@H](O)COc1cncc(NC(=O)C(C)C)n1.CC[C@H](O)COc1cncc(NC(=O)C(C)C)n1.Cc1ccc2c(NC(=O)C(C)C)n[nH]c2n1. The zero-order valence-corrected chi connectivity index (χ0v) is 80.0. The first-order valence-corrected chi connectivity index (χ1v) is 43.4. The summed E-state index contributed by atoms with van der Waals surface area (Å²) in [5, 5.41) is 119. The zero-order valence-electron chi connectivity index (χ0n) is 80.0. The van der Waals surface area contributed by atoms with E-state index in [4.69, 9.17) is 69.3 Å². The van der Waals surface area contributed by atoms with Gasteiger partial charge in [0.2, 0.25) is 65.0 Å². The van der Waals surface area contributed by atoms with Crippen LogP contribution in [0.25, 0.3) is 11.0 Å². The summed E-state index contributed by atoms with van der Waals surface area (Å²) in [6, 6.07) is 7.08. The van der Waals surface area contributed by atoms with Gasteiger partial charge < -0.3 is 117 Å². The van der Waals surface area contributed by atoms with Gasteiger partial charge in [-0.15, -0.1) is 0 Å². The summed E-state index contributed by atoms with van der Waals surface area (Å²) in [7, 11) is 0. The molecule has 9 heterocycles. The number of carbonyl (C=O) groups excluding carboxylic acids is 8. The Labute approximate surface area is 788 Å². The van der Waals surface area contributed by atoms with Gasteiger partial charge in [-0.25, -0.2) is 29.9 Å². The molecule has 19 N–H and O–H groups in total. The van der Waals surface area contributed by atoms with E-state index in [1.165, 1.54) is 86.8 Å². The number of fused-ring (bicyclic) bond motifs is 1. The van der Waals surface area contributed by atoms with Gasteiger partial charge in [-0.05, 0) is 31.9 Å². The molecule has 0 saturated heterocycles. The number of hydrogen-bond donors (Lipinski definition) is 19. The van der Waals surface area contributed by atoms with Crippen LogP contribution in [0.5, 0.6) is 35.0 Å². The highest BCUT2D eigenvalue weighted by molar-refractivity contribution is 5.99. The second-order valence-corrected chi connectivity index (χ2v) is 31.8. The fourth-order valence-corrected chi connectivity index (χ4v) is 8.20. The largest absolute Gasteiger partial charge is 0.489 e. The number of aromatic nitrogens is 15. The number of aliphatic hydroxyl groups is 10. The molecule has 47 heteroatoms. The molecule has 0 aliphatic carbocycles. The molecule has 0 aliphatic rings. The first-order chi connectivity index (χ1) is 64.4. The molecule has 6 atom stereocenters. The Balaban J connectivity index is 0.000000527. The van der Waals surface area contributed by atoms with E-state index in [2.05, 4.69) is 118 Å². The van der Waals surface area contributed by atoms with Crippen LogP contribution in [0.1, 0.15) is 143 Å². The van der Waals surface area contributed by atoms with E-state index in [0.717, 1.165) is 11.1 Å². The van der Waals surface area contributed by atoms with Crippen LogP contribution in [0.2, 0.25) is 0 Å². The maximum atomic E-state index is 11.5. The maximum Gasteiger partial charge on any atom is 0.316 e. The molecule has 8 amide bonds. The molecule has 9 rings (SSSR count). The molecule has 0 bridgehead atoms. The van der Waals surface area contributed by atoms with Gasteiger partial charge in [-0.1, -0.05) is 125 Å². The summed E-state index contributed by atoms with van der Waals surface area (Å²) in [6.45, 7) is 33.0. The van der Waals surface area contributed by atoms with Crippen molar-refractivity contribution in [2.75, 3.05) is 109 Å². The van der Waals surface area contributed by atoms with E-state index in [1.54, 1.807) is 101 Å². The Morgan fingerprint density at radius 3 is 1.06 bits per heavy atom. The molecule has 0 radical (unpaired) electrons. The molecule has 748 valence electrons. The highest BCUT2D eigenvalue weighted by Gasteiger charge is 2.19. The minimum absolute atomic E-state index is 0.0280. The summed E-state index contributed by atoms with van der Waals surface area (Å²) < 4.78 is 31.1. The summed E-state index contributed by atoms with van der Waals surface area (Å²) in [5.74, 6) is 1.96. The first kappa shape index (κ1) is 119. The number of ether oxygens (including phenoxy) is 6. The molecule has 136 heavy (non-hydrogen) atoms. The van der Waals surface area contributed by atoms with Crippen molar-refractivity contribution in [3.63, 3.8) is 0 Å². The Morgan fingerprint density at radius 1 is 0.331 bits per heavy atom. The standard InChI is InChI=1S/2C12H19N3O3.2C12H18N2O4.C11H14N4O.2C11H17N3O4.C8H11N3O/c2*1-4-9(16)7-18-11-6-13-5-10(14-11)15-12(17)8(2)3;2*1-8(2)12(17)14-9-3-11(5-13-4-9)18-7-10(16)6-15;1-6(2)11(16)13-10-8-5-4-7(3)12-9(8)14-15-10;1-7(2)10(17)14-11-12-3-9(4-13-11)18-6-8(16)5-15;1-7(2)10(17)14-8-3-12-11(13-4-8)18-6-9(16)5-15;1-6(2)8(12)11-7-5-9-3-4-10-7/h2*5-6,8-9,16H,4,7H2,1-3H3,(H,14,15,17);2*3-5,8,10,15-16H,6-7H2,1-2H3,(H,14,17);4-6H,1-3H3,(H2,12,13,14,15,16);3-4,7-8,15-16H,5-6H2,1-2H3,(H,12,13,14,17);3-4,7,9,15-16H,5-6H2,1-2H3,(H,14,17);3-6H,1-2H3,(H,10,11,12)/t2*9-;2*10-;;8-;9-;/m1010.01./s1. The Bertz CT molecular complexity index is 4580. The average Bonchev–Trinajstić information content (AvgIpc) is 1.67. The lowest BCUT2D eigenvalue weighted by molar-refractivity contribution is -0.119. The van der Waals surface area contributed by atoms with Crippen molar-refractivity contribution in [1.29, 1.82) is 0 Å². The van der Waals surface area contributed by atoms with Gasteiger partial charge in [0.1, 0.15) is 75.6 Å². The van der Waals surface area contributed by atoms with Crippen LogP contribution in [-0.2, 0) is 38.4 Å². The second kappa shape index (κ2) is 66.0. The summed E-state index contributed by atoms with van der Waals surface area (Å²) in [6.07, 6.45) is 18.3. The van der Waals surface area contributed by atoms with Crippen LogP contribution in [0.4, 0.5) is 46.3 Å². The molecular formula is C89H133N23O24. The molecule has 0 unspecified atom stereocenters. The summed E-state index contributed by atoms with van der Waals surface area (Å²) in [4.78, 5) is 143. The van der Waals surface area contributed by atoms with Gasteiger partial charge in [-0.3, -0.25) is 73.7 Å². The van der Waals surface area contributed by atoms with Gasteiger partial charge >= 0.3 is 6.01 Å². The van der Waals surface area contributed by atoms with E-state index in [-0.39, 0.29) is 184 Å². The van der Waals surface area contributed by atoms with Crippen LogP contribution in [0.3, 0.4) is 0 Å². The molecule has 0 aromatic carbocycles. The van der Waals surface area contributed by atoms with Gasteiger partial charge in [0, 0.05) is 77.6 Å². The van der Waals surface area contributed by atoms with E-state index < -0.39 is 36.6 Å². The number of nitrogens with zero attached hydrogens (tertiary/aromatic N) is 14. The normalized spacial score (nSPS) is 11.9. The number of aliphatic hydroxyl groups excluding tert-OH is 10. The third-order valence-electron chi connectivity index (χ3n) is 16.6. The molecule has 0 saturated carbocycles. The lowest BCUT2D eigenvalue weighted by atomic mass is 10.2. The Kier molecular flexibility index (Phi) is 57.5. The quantitative estimate of drug-likeness (QED) is 0.0216. The zero-order chi connectivity index (χ0) is 102. The van der Waals surface area contributed by atoms with Gasteiger partial charge in [0.25, 0.3) is 0 Å². The molecule has 9 aromatic rings. The number of carbonyl (C=O) groups is 8. The van der Waals surface area contributed by atoms with Crippen molar-refractivity contribution in [1.82, 2.24) is 75.0 Å². The van der Waals surface area contributed by atoms with Gasteiger partial charge in [0.05, 0.1) is 142 Å². The first-order valence-electron chi connectivity index (χ1n) is 43.4. The predicted octanol–water partition coefficient (Wildman–Crippen LogP) is 5.80. The second-order valence-electron chi connectivity index (χ2n) is 31.8. The molecule has 9 aromatic heterocycles. The fourth-order valence-electron chi connectivity index (χ4n) is 8.20. The number of amides is 8. The van der Waals surface area contributed by atoms with Crippen LogP contribution in [0.15, 0.2) is 117 Å². The third-order valence-corrected chi connectivity index (χ3v) is 16.6. The lowest BCUT2D eigenvalue weighted by Crippen LogP contribution is -2.22. The number of anilines is 8. The molecule has 0 fully saturated rings. The number of aromatic amines is 1. The number of nitrogens with one attached hydrogen (secondary N) is 9. The van der Waals surface area contributed by atoms with Gasteiger partial charge in [-0.2, -0.15) is 15.1 Å². The van der Waals surface area contributed by atoms with Crippen molar-refractivity contribution in [3.8, 4) is 35.0 Å². The van der Waals surface area contributed by atoms with Crippen LogP contribution in [0, 0.1) is 54.3 Å². The third kappa shape index (κ3) is 51.7. The van der Waals surface area contributed by atoms with Crippen LogP contribution in [-0.4, -0.2) is 276 Å². The molecule has 47 nitrogen and oxygen atoms in total. The number of rotatable bonds is 40. The van der Waals surface area contributed by atoms with Crippen molar-refractivity contribution in [2.45, 2.75) is 181 Å². The van der Waals surface area contributed by atoms with Crippen molar-refractivity contribution in [3.05, 3.63) is 123 Å². The predicted molar refractivity (Wildman–Crippen MR) is 503 cm³/mol. The minimum Gasteiger partial charge on any atom is -0.489 e. The minimum atomic E-state index is -0.964. The van der Waals surface area contributed by atoms with E-state index in [9.17, 15) is 48.6 Å². The molecule has 0 aliphatic heterocycles. The average molecular weight is 1910 g/mol. The molecule has 0 spiro atoms. The topological polar surface area (TPSA) is 687 Å². The van der Waals surface area contributed by atoms with Crippen molar-refractivity contribution in [2.24, 2.45) is 47.3 Å². The monoisotopic (exact) mass is 1910 g/mol. The summed E-state index contributed by atoms with van der Waals surface area (Å²) >= 11 is 0. The van der Waals surface area contributed by atoms with E-state index in [1.807, 2.05) is 60.6 Å². The summed E-state index contributed by atoms with van der Waals surface area (Å²) in [5.41, 5.74) is 3.15. The number of H-pyrrole nitrogens is 1. The Morgan fingerprint density at radius 2 is 0.676 bits per heavy atom. The van der Waals surface area contributed by atoms with Crippen LogP contribution >= 0.6 is 0 Å². The van der Waals surface area contributed by atoms with Crippen LogP contribution < -0.4 is 71.0 Å². The van der Waals surface area contributed by atoms with Gasteiger partial charge in [0.15, 0.2) is 34.7 Å². The maximum absolute atomic E-state index is 11.5. The van der Waals surface area contributed by atoms with Crippen molar-refractivity contribution >= 4 is 105 Å². The number of hydrogen-bond acceptors (Lipinski definition) is 38.